The van der Waals surface area contributed by atoms with Gasteiger partial charge in [0.15, 0.2) is 5.84 Å². The van der Waals surface area contributed by atoms with Crippen LogP contribution in [0.2, 0.25) is 0 Å². The van der Waals surface area contributed by atoms with Crippen LogP contribution in [0.1, 0.15) is 0 Å². The highest BCUT2D eigenvalue weighted by Gasteiger charge is 2.00. The van der Waals surface area contributed by atoms with E-state index in [0.717, 1.165) is 0 Å². The Morgan fingerprint density at radius 3 is 2.94 bits per heavy atom. The maximum Gasteiger partial charge on any atom is 0.201 e. The van der Waals surface area contributed by atoms with Crippen molar-refractivity contribution in [2.24, 2.45) is 10.8 Å². The largest absolute Gasteiger partial charge is 0.497 e. The maximum atomic E-state index is 8.61. The molecule has 0 aromatic heterocycles. The van der Waals surface area contributed by atoms with Crippen LogP contribution in [0.25, 0.3) is 0 Å². The molecule has 6 heteroatoms. The summed E-state index contributed by atoms with van der Waals surface area (Å²) in [5.74, 6) is 0.291. The van der Waals surface area contributed by atoms with Crippen LogP contribution in [0.15, 0.2) is 29.4 Å². The number of rotatable bonds is 4. The zero-order chi connectivity index (χ0) is 12.0. The van der Waals surface area contributed by atoms with Crippen molar-refractivity contribution >= 4 is 17.2 Å². The van der Waals surface area contributed by atoms with Crippen LogP contribution in [0.3, 0.4) is 0 Å². The first-order valence-corrected chi connectivity index (χ1v) is 4.39. The molecule has 0 amide bonds. The van der Waals surface area contributed by atoms with Crippen molar-refractivity contribution in [3.63, 3.8) is 0 Å². The fraction of sp³-hybridized carbons (Fsp3) is 0.100. The highest BCUT2D eigenvalue weighted by molar-refractivity contribution is 6.45. The van der Waals surface area contributed by atoms with Crippen molar-refractivity contribution in [1.29, 1.82) is 10.7 Å². The minimum Gasteiger partial charge on any atom is -0.497 e. The second kappa shape index (κ2) is 5.36. The highest BCUT2D eigenvalue weighted by atomic mass is 16.5. The lowest BCUT2D eigenvalue weighted by molar-refractivity contribution is 0.415. The topological polar surface area (TPSA) is 107 Å². The molecule has 0 spiro atoms. The van der Waals surface area contributed by atoms with Crippen LogP contribution >= 0.6 is 0 Å². The van der Waals surface area contributed by atoms with Crippen molar-refractivity contribution in [3.05, 3.63) is 24.3 Å². The van der Waals surface area contributed by atoms with E-state index in [9.17, 15) is 0 Å². The molecule has 16 heavy (non-hydrogen) atoms. The lowest BCUT2D eigenvalue weighted by atomic mass is 10.3. The van der Waals surface area contributed by atoms with Crippen LogP contribution in [-0.2, 0) is 0 Å². The Kier molecular flexibility index (Phi) is 3.86. The zero-order valence-electron chi connectivity index (χ0n) is 8.69. The van der Waals surface area contributed by atoms with E-state index < -0.39 is 0 Å². The number of nitrogens with two attached hydrogens (primary N) is 1. The minimum absolute atomic E-state index is 0.164. The Bertz CT molecular complexity index is 461. The Morgan fingerprint density at radius 1 is 1.62 bits per heavy atom. The number of anilines is 1. The van der Waals surface area contributed by atoms with Crippen LogP contribution in [0.5, 0.6) is 5.75 Å². The van der Waals surface area contributed by atoms with Crippen molar-refractivity contribution in [2.75, 3.05) is 12.5 Å². The van der Waals surface area contributed by atoms with Crippen molar-refractivity contribution in [3.8, 4) is 11.8 Å². The normalized spacial score (nSPS) is 10.4. The number of nitrogens with zero attached hydrogens (tertiary/aromatic N) is 2. The average Bonchev–Trinajstić information content (AvgIpc) is 2.29. The first kappa shape index (κ1) is 11.5. The van der Waals surface area contributed by atoms with E-state index in [2.05, 4.69) is 10.5 Å². The second-order valence-electron chi connectivity index (χ2n) is 2.83. The predicted octanol–water partition coefficient (Wildman–Crippen LogP) is 0.923. The number of hydrogen-bond acceptors (Lipinski definition) is 5. The molecule has 0 aliphatic rings. The fourth-order valence-electron chi connectivity index (χ4n) is 0.959. The number of ether oxygens (including phenoxy) is 1. The van der Waals surface area contributed by atoms with Crippen molar-refractivity contribution < 1.29 is 4.74 Å². The molecule has 0 heterocycles. The molecule has 0 saturated carbocycles. The van der Waals surface area contributed by atoms with Gasteiger partial charge in [-0.25, -0.2) is 0 Å². The SMILES string of the molecule is COc1cccc(N/N=C(\C#N)C(=N)N)c1. The first-order valence-electron chi connectivity index (χ1n) is 4.39. The minimum atomic E-state index is -0.377. The van der Waals surface area contributed by atoms with Gasteiger partial charge in [-0.3, -0.25) is 10.8 Å². The van der Waals surface area contributed by atoms with Gasteiger partial charge in [0, 0.05) is 6.07 Å². The van der Waals surface area contributed by atoms with E-state index in [1.807, 2.05) is 0 Å². The van der Waals surface area contributed by atoms with Gasteiger partial charge < -0.3 is 10.5 Å². The molecule has 6 nitrogen and oxygen atoms in total. The molecule has 0 bridgehead atoms. The monoisotopic (exact) mass is 217 g/mol. The van der Waals surface area contributed by atoms with Crippen LogP contribution in [-0.4, -0.2) is 18.7 Å². The van der Waals surface area contributed by atoms with Gasteiger partial charge in [-0.1, -0.05) is 6.07 Å². The molecule has 1 aromatic rings. The highest BCUT2D eigenvalue weighted by Crippen LogP contribution is 2.16. The molecule has 82 valence electrons. The van der Waals surface area contributed by atoms with Gasteiger partial charge in [0.05, 0.1) is 12.8 Å². The quantitative estimate of drug-likeness (QED) is 0.396. The Morgan fingerprint density at radius 2 is 2.38 bits per heavy atom. The molecule has 0 saturated heterocycles. The summed E-state index contributed by atoms with van der Waals surface area (Å²) >= 11 is 0. The summed E-state index contributed by atoms with van der Waals surface area (Å²) in [5, 5.41) is 19.4. The van der Waals surface area contributed by atoms with E-state index in [-0.39, 0.29) is 11.5 Å². The van der Waals surface area contributed by atoms with E-state index >= 15 is 0 Å². The number of methoxy groups -OCH3 is 1. The van der Waals surface area contributed by atoms with Crippen LogP contribution in [0, 0.1) is 16.7 Å². The molecule has 0 unspecified atom stereocenters. The summed E-state index contributed by atoms with van der Waals surface area (Å²) in [5.41, 5.74) is 8.23. The molecular formula is C10H11N5O. The first-order chi connectivity index (χ1) is 7.67. The third-order valence-electron chi connectivity index (χ3n) is 1.73. The molecule has 1 rings (SSSR count). The number of benzene rings is 1. The van der Waals surface area contributed by atoms with Crippen molar-refractivity contribution in [2.45, 2.75) is 0 Å². The molecule has 0 radical (unpaired) electrons. The summed E-state index contributed by atoms with van der Waals surface area (Å²) in [6.07, 6.45) is 0. The predicted molar refractivity (Wildman–Crippen MR) is 61.6 cm³/mol. The Labute approximate surface area is 92.8 Å². The summed E-state index contributed by atoms with van der Waals surface area (Å²) in [4.78, 5) is 0. The van der Waals surface area contributed by atoms with Gasteiger partial charge in [-0.2, -0.15) is 10.4 Å². The molecular weight excluding hydrogens is 206 g/mol. The molecule has 1 aromatic carbocycles. The molecule has 4 N–H and O–H groups in total. The second-order valence-corrected chi connectivity index (χ2v) is 2.83. The van der Waals surface area contributed by atoms with E-state index in [1.165, 1.54) is 0 Å². The lowest BCUT2D eigenvalue weighted by Crippen LogP contribution is -2.21. The summed E-state index contributed by atoms with van der Waals surface area (Å²) in [6, 6.07) is 8.72. The van der Waals surface area contributed by atoms with Crippen molar-refractivity contribution in [1.82, 2.24) is 0 Å². The zero-order valence-corrected chi connectivity index (χ0v) is 8.69. The van der Waals surface area contributed by atoms with E-state index in [0.29, 0.717) is 11.4 Å². The van der Waals surface area contributed by atoms with Gasteiger partial charge >= 0.3 is 0 Å². The van der Waals surface area contributed by atoms with Gasteiger partial charge in [0.25, 0.3) is 0 Å². The molecule has 0 fully saturated rings. The average molecular weight is 217 g/mol. The number of hydrogen-bond donors (Lipinski definition) is 3. The number of nitrogens with one attached hydrogen (secondary N) is 2. The summed E-state index contributed by atoms with van der Waals surface area (Å²) in [7, 11) is 1.55. The van der Waals surface area contributed by atoms with Crippen LogP contribution in [0.4, 0.5) is 5.69 Å². The Hall–Kier alpha value is -2.55. The van der Waals surface area contributed by atoms with E-state index in [4.69, 9.17) is 21.1 Å². The van der Waals surface area contributed by atoms with Gasteiger partial charge in [-0.15, -0.1) is 0 Å². The van der Waals surface area contributed by atoms with E-state index in [1.54, 1.807) is 37.4 Å². The smallest absolute Gasteiger partial charge is 0.201 e. The van der Waals surface area contributed by atoms with Gasteiger partial charge in [0.2, 0.25) is 5.71 Å². The molecule has 0 aliphatic heterocycles. The standard InChI is InChI=1S/C10H11N5O/c1-16-8-4-2-3-7(5-8)14-15-9(6-11)10(12)13/h2-5,14H,1H3,(H3,12,13)/b15-9+. The third-order valence-corrected chi connectivity index (χ3v) is 1.73. The van der Waals surface area contributed by atoms with Crippen LogP contribution < -0.4 is 15.9 Å². The molecule has 0 aliphatic carbocycles. The number of nitriles is 1. The molecule has 0 atom stereocenters. The third kappa shape index (κ3) is 2.99. The summed E-state index contributed by atoms with van der Waals surface area (Å²) < 4.78 is 5.02. The van der Waals surface area contributed by atoms with Gasteiger partial charge in [-0.05, 0) is 12.1 Å². The lowest BCUT2D eigenvalue weighted by Gasteiger charge is -2.03. The fourth-order valence-corrected chi connectivity index (χ4v) is 0.959. The Balaban J connectivity index is 2.81. The number of amidine groups is 1. The maximum absolute atomic E-state index is 8.61. The van der Waals surface area contributed by atoms with Gasteiger partial charge in [0.1, 0.15) is 11.8 Å². The number of hydrazone groups is 1. The summed E-state index contributed by atoms with van der Waals surface area (Å²) in [6.45, 7) is 0.